The third-order valence-electron chi connectivity index (χ3n) is 2.84. The third kappa shape index (κ3) is 2.05. The number of aliphatic hydroxyl groups is 1. The molecule has 88 valence electrons. The van der Waals surface area contributed by atoms with Gasteiger partial charge < -0.3 is 9.84 Å². The molecule has 1 aromatic rings. The van der Waals surface area contributed by atoms with Crippen molar-refractivity contribution in [3.8, 4) is 0 Å². The first-order valence-corrected chi connectivity index (χ1v) is 5.36. The van der Waals surface area contributed by atoms with Crippen molar-refractivity contribution in [3.05, 3.63) is 34.4 Å². The van der Waals surface area contributed by atoms with Crippen molar-refractivity contribution in [1.82, 2.24) is 0 Å². The minimum atomic E-state index is -1.22. The zero-order chi connectivity index (χ0) is 11.8. The van der Waals surface area contributed by atoms with Crippen molar-refractivity contribution in [2.45, 2.75) is 18.4 Å². The van der Waals surface area contributed by atoms with Crippen LogP contribution in [0.15, 0.2) is 12.1 Å². The van der Waals surface area contributed by atoms with Gasteiger partial charge in [0.15, 0.2) is 0 Å². The minimum absolute atomic E-state index is 0.218. The van der Waals surface area contributed by atoms with Gasteiger partial charge in [0.2, 0.25) is 0 Å². The van der Waals surface area contributed by atoms with E-state index in [0.717, 1.165) is 12.1 Å². The highest BCUT2D eigenvalue weighted by molar-refractivity contribution is 6.30. The molecule has 1 heterocycles. The zero-order valence-electron chi connectivity index (χ0n) is 8.47. The molecule has 1 aliphatic rings. The van der Waals surface area contributed by atoms with E-state index in [1.807, 2.05) is 0 Å². The highest BCUT2D eigenvalue weighted by Crippen LogP contribution is 2.34. The van der Waals surface area contributed by atoms with Gasteiger partial charge in [0.25, 0.3) is 0 Å². The second-order valence-corrected chi connectivity index (χ2v) is 4.28. The smallest absolute Gasteiger partial charge is 0.145 e. The second-order valence-electron chi connectivity index (χ2n) is 3.90. The quantitative estimate of drug-likeness (QED) is 0.774. The Labute approximate surface area is 96.8 Å². The summed E-state index contributed by atoms with van der Waals surface area (Å²) < 4.78 is 31.6. The highest BCUT2D eigenvalue weighted by atomic mass is 35.5. The molecule has 1 aromatic carbocycles. The number of halogens is 3. The van der Waals surface area contributed by atoms with E-state index in [1.54, 1.807) is 0 Å². The van der Waals surface area contributed by atoms with Gasteiger partial charge >= 0.3 is 0 Å². The van der Waals surface area contributed by atoms with Crippen LogP contribution in [0.2, 0.25) is 5.02 Å². The molecule has 1 fully saturated rings. The Bertz CT molecular complexity index is 380. The lowest BCUT2D eigenvalue weighted by atomic mass is 9.86. The van der Waals surface area contributed by atoms with E-state index in [0.29, 0.717) is 26.1 Å². The number of ether oxygens (including phenoxy) is 1. The topological polar surface area (TPSA) is 29.5 Å². The van der Waals surface area contributed by atoms with Gasteiger partial charge in [-0.15, -0.1) is 0 Å². The highest BCUT2D eigenvalue weighted by Gasteiger charge is 2.33. The summed E-state index contributed by atoms with van der Waals surface area (Å²) in [4.78, 5) is 0. The Morgan fingerprint density at radius 3 is 2.19 bits per heavy atom. The summed E-state index contributed by atoms with van der Waals surface area (Å²) in [7, 11) is 0. The van der Waals surface area contributed by atoms with Gasteiger partial charge in [-0.3, -0.25) is 0 Å². The maximum atomic E-state index is 13.3. The Hall–Kier alpha value is -0.710. The second kappa shape index (κ2) is 4.28. The number of rotatable bonds is 1. The van der Waals surface area contributed by atoms with Crippen LogP contribution in [0.5, 0.6) is 0 Å². The van der Waals surface area contributed by atoms with Crippen LogP contribution in [0.25, 0.3) is 0 Å². The van der Waals surface area contributed by atoms with Crippen LogP contribution in [-0.2, 0) is 10.3 Å². The Balaban J connectivity index is 2.39. The van der Waals surface area contributed by atoms with Gasteiger partial charge in [0.05, 0.1) is 5.60 Å². The lowest BCUT2D eigenvalue weighted by molar-refractivity contribution is -0.0682. The van der Waals surface area contributed by atoms with E-state index in [-0.39, 0.29) is 5.56 Å². The Morgan fingerprint density at radius 2 is 1.69 bits per heavy atom. The molecule has 16 heavy (non-hydrogen) atoms. The van der Waals surface area contributed by atoms with E-state index in [1.165, 1.54) is 0 Å². The first-order valence-electron chi connectivity index (χ1n) is 4.98. The number of hydrogen-bond acceptors (Lipinski definition) is 2. The van der Waals surface area contributed by atoms with Gasteiger partial charge in [-0.25, -0.2) is 8.78 Å². The molecule has 0 aromatic heterocycles. The molecule has 0 amide bonds. The predicted octanol–water partition coefficient (Wildman–Crippen LogP) is 2.62. The fraction of sp³-hybridized carbons (Fsp3) is 0.455. The molecule has 2 nitrogen and oxygen atoms in total. The molecule has 1 N–H and O–H groups in total. The molecule has 0 bridgehead atoms. The monoisotopic (exact) mass is 248 g/mol. The van der Waals surface area contributed by atoms with Crippen molar-refractivity contribution in [1.29, 1.82) is 0 Å². The molecule has 0 atom stereocenters. The lowest BCUT2D eigenvalue weighted by Gasteiger charge is -2.32. The summed E-state index contributed by atoms with van der Waals surface area (Å²) >= 11 is 5.38. The van der Waals surface area contributed by atoms with Gasteiger partial charge in [-0.2, -0.15) is 0 Å². The van der Waals surface area contributed by atoms with E-state index >= 15 is 0 Å². The van der Waals surface area contributed by atoms with Crippen molar-refractivity contribution in [2.24, 2.45) is 0 Å². The van der Waals surface area contributed by atoms with Crippen LogP contribution in [0.1, 0.15) is 18.4 Å². The van der Waals surface area contributed by atoms with Gasteiger partial charge in [-0.1, -0.05) is 11.6 Å². The molecular formula is C11H11ClF2O2. The van der Waals surface area contributed by atoms with Crippen LogP contribution < -0.4 is 0 Å². The maximum absolute atomic E-state index is 13.3. The summed E-state index contributed by atoms with van der Waals surface area (Å²) in [5.41, 5.74) is -1.000. The van der Waals surface area contributed by atoms with Gasteiger partial charge in [-0.05, 0) is 17.7 Å². The van der Waals surface area contributed by atoms with Crippen LogP contribution >= 0.6 is 11.6 Å². The molecule has 2 rings (SSSR count). The van der Waals surface area contributed by atoms with Crippen molar-refractivity contribution in [2.75, 3.05) is 13.2 Å². The van der Waals surface area contributed by atoms with Crippen LogP contribution in [-0.4, -0.2) is 18.3 Å². The fourth-order valence-electron chi connectivity index (χ4n) is 1.82. The fourth-order valence-corrected chi connectivity index (χ4v) is 1.93. The van der Waals surface area contributed by atoms with E-state index in [2.05, 4.69) is 0 Å². The van der Waals surface area contributed by atoms with Crippen molar-refractivity contribution in [3.63, 3.8) is 0 Å². The summed E-state index contributed by atoms with van der Waals surface area (Å²) in [6.45, 7) is 0.755. The lowest BCUT2D eigenvalue weighted by Crippen LogP contribution is -2.33. The molecule has 0 spiro atoms. The van der Waals surface area contributed by atoms with E-state index in [9.17, 15) is 13.9 Å². The predicted molar refractivity (Wildman–Crippen MR) is 55.3 cm³/mol. The summed E-state index contributed by atoms with van der Waals surface area (Å²) in [5, 5.41) is 9.68. The number of benzene rings is 1. The summed E-state index contributed by atoms with van der Waals surface area (Å²) in [6, 6.07) is 2.16. The molecule has 1 saturated heterocycles. The maximum Gasteiger partial charge on any atom is 0.145 e. The molecule has 0 aliphatic carbocycles. The molecule has 0 saturated carbocycles. The summed E-state index contributed by atoms with van der Waals surface area (Å²) in [6.07, 6.45) is 0.654. The SMILES string of the molecule is OC1(c2cc(F)c(Cl)c(F)c2)CCOCC1. The summed E-state index contributed by atoms with van der Waals surface area (Å²) in [5.74, 6) is -1.70. The van der Waals surface area contributed by atoms with Crippen molar-refractivity contribution >= 4 is 11.6 Å². The third-order valence-corrected chi connectivity index (χ3v) is 3.20. The molecule has 5 heteroatoms. The molecular weight excluding hydrogens is 238 g/mol. The van der Waals surface area contributed by atoms with Gasteiger partial charge in [0, 0.05) is 26.1 Å². The first-order chi connectivity index (χ1) is 7.53. The largest absolute Gasteiger partial charge is 0.385 e. The van der Waals surface area contributed by atoms with Gasteiger partial charge in [0.1, 0.15) is 16.7 Å². The average molecular weight is 249 g/mol. The Morgan fingerprint density at radius 1 is 1.19 bits per heavy atom. The van der Waals surface area contributed by atoms with Crippen LogP contribution in [0, 0.1) is 11.6 Å². The average Bonchev–Trinajstić information content (AvgIpc) is 2.26. The van der Waals surface area contributed by atoms with Crippen molar-refractivity contribution < 1.29 is 18.6 Å². The standard InChI is InChI=1S/C11H11ClF2O2/c12-10-8(13)5-7(6-9(10)14)11(15)1-3-16-4-2-11/h5-6,15H,1-4H2. The Kier molecular flexibility index (Phi) is 3.15. The van der Waals surface area contributed by atoms with E-state index in [4.69, 9.17) is 16.3 Å². The van der Waals surface area contributed by atoms with E-state index < -0.39 is 22.3 Å². The minimum Gasteiger partial charge on any atom is -0.385 e. The molecule has 0 unspecified atom stereocenters. The molecule has 0 radical (unpaired) electrons. The van der Waals surface area contributed by atoms with Crippen LogP contribution in [0.4, 0.5) is 8.78 Å². The van der Waals surface area contributed by atoms with Crippen LogP contribution in [0.3, 0.4) is 0 Å². The molecule has 1 aliphatic heterocycles. The zero-order valence-corrected chi connectivity index (χ0v) is 9.23. The normalized spacial score (nSPS) is 19.8. The first kappa shape index (κ1) is 11.8. The number of hydrogen-bond donors (Lipinski definition) is 1.